The molecule has 1 fully saturated rings. The highest BCUT2D eigenvalue weighted by Gasteiger charge is 2.40. The maximum atomic E-state index is 12.9. The van der Waals surface area contributed by atoms with E-state index in [1.165, 1.54) is 0 Å². The molecule has 6 nitrogen and oxygen atoms in total. The molecule has 1 aliphatic heterocycles. The van der Waals surface area contributed by atoms with Crippen LogP contribution in [0.4, 0.5) is 0 Å². The minimum absolute atomic E-state index is 0.212. The minimum atomic E-state index is -1.00. The Morgan fingerprint density at radius 1 is 1.26 bits per heavy atom. The van der Waals surface area contributed by atoms with Gasteiger partial charge in [0.25, 0.3) is 0 Å². The summed E-state index contributed by atoms with van der Waals surface area (Å²) in [5, 5.41) is 14.0. The van der Waals surface area contributed by atoms with Crippen LogP contribution in [0.3, 0.4) is 0 Å². The second kappa shape index (κ2) is 8.91. The quantitative estimate of drug-likeness (QED) is 0.660. The Morgan fingerprint density at radius 2 is 1.97 bits per heavy atom. The van der Waals surface area contributed by atoms with Gasteiger partial charge in [-0.1, -0.05) is 23.7 Å². The van der Waals surface area contributed by atoms with Crippen LogP contribution in [0.1, 0.15) is 30.9 Å². The topological polar surface area (TPSA) is 83.8 Å². The summed E-state index contributed by atoms with van der Waals surface area (Å²) >= 11 is 6.08. The monoisotopic (exact) mass is 439 g/mol. The predicted molar refractivity (Wildman–Crippen MR) is 120 cm³/mol. The van der Waals surface area contributed by atoms with Crippen molar-refractivity contribution in [3.8, 4) is 0 Å². The van der Waals surface area contributed by atoms with Crippen molar-refractivity contribution in [2.24, 2.45) is 10.9 Å². The first-order valence-electron chi connectivity index (χ1n) is 10.4. The van der Waals surface area contributed by atoms with Gasteiger partial charge >= 0.3 is 0 Å². The maximum Gasteiger partial charge on any atom is 0.249 e. The molecule has 1 aromatic carbocycles. The van der Waals surface area contributed by atoms with Gasteiger partial charge in [-0.15, -0.1) is 0 Å². The maximum absolute atomic E-state index is 12.9. The lowest BCUT2D eigenvalue weighted by Crippen LogP contribution is -2.44. The lowest BCUT2D eigenvalue weighted by Gasteiger charge is -2.31. The second-order valence-corrected chi connectivity index (χ2v) is 8.83. The largest absolute Gasteiger partial charge is 0.388 e. The third kappa shape index (κ3) is 5.21. The number of dihydropyridines is 1. The molecule has 1 amide bonds. The number of benzene rings is 1. The van der Waals surface area contributed by atoms with E-state index in [9.17, 15) is 9.90 Å². The van der Waals surface area contributed by atoms with Crippen molar-refractivity contribution in [2.75, 3.05) is 13.1 Å². The van der Waals surface area contributed by atoms with E-state index in [4.69, 9.17) is 16.3 Å². The van der Waals surface area contributed by atoms with E-state index >= 15 is 0 Å². The number of rotatable bonds is 8. The predicted octanol–water partition coefficient (Wildman–Crippen LogP) is 3.44. The number of carbonyl (C=O) groups is 1. The van der Waals surface area contributed by atoms with Crippen LogP contribution in [0.25, 0.3) is 0 Å². The van der Waals surface area contributed by atoms with Crippen LogP contribution in [0, 0.1) is 5.92 Å². The summed E-state index contributed by atoms with van der Waals surface area (Å²) in [7, 11) is 0. The fourth-order valence-electron chi connectivity index (χ4n) is 3.69. The van der Waals surface area contributed by atoms with Gasteiger partial charge in [-0.3, -0.25) is 14.8 Å². The third-order valence-corrected chi connectivity index (χ3v) is 6.06. The van der Waals surface area contributed by atoms with E-state index in [-0.39, 0.29) is 24.9 Å². The summed E-state index contributed by atoms with van der Waals surface area (Å²) in [4.78, 5) is 21.4. The van der Waals surface area contributed by atoms with Crippen LogP contribution in [0.2, 0.25) is 5.02 Å². The number of hydrogen-bond donors (Lipinski definition) is 2. The fraction of sp³-hybridized carbons (Fsp3) is 0.375. The first-order chi connectivity index (χ1) is 14.9. The summed E-state index contributed by atoms with van der Waals surface area (Å²) < 4.78 is 6.33. The second-order valence-electron chi connectivity index (χ2n) is 8.40. The van der Waals surface area contributed by atoms with Gasteiger partial charge in [0.2, 0.25) is 5.91 Å². The highest BCUT2D eigenvalue weighted by Crippen LogP contribution is 2.39. The lowest BCUT2D eigenvalue weighted by molar-refractivity contribution is -0.119. The molecule has 1 aliphatic carbocycles. The Balaban J connectivity index is 1.57. The van der Waals surface area contributed by atoms with Crippen molar-refractivity contribution in [2.45, 2.75) is 37.6 Å². The molecule has 2 aromatic rings. The average Bonchev–Trinajstić information content (AvgIpc) is 3.64. The summed E-state index contributed by atoms with van der Waals surface area (Å²) in [6, 6.07) is 11.1. The molecule has 1 unspecified atom stereocenters. The summed E-state index contributed by atoms with van der Waals surface area (Å²) in [5.74, 6) is 0.00614. The molecular formula is C24H26ClN3O3. The van der Waals surface area contributed by atoms with Crippen LogP contribution in [-0.2, 0) is 21.7 Å². The average molecular weight is 440 g/mol. The van der Waals surface area contributed by atoms with Gasteiger partial charge in [0.05, 0.1) is 18.8 Å². The molecule has 7 heteroatoms. The number of hydrogen-bond acceptors (Lipinski definition) is 5. The van der Waals surface area contributed by atoms with Crippen molar-refractivity contribution in [3.63, 3.8) is 0 Å². The first kappa shape index (κ1) is 21.7. The molecule has 1 saturated carbocycles. The zero-order valence-corrected chi connectivity index (χ0v) is 18.2. The number of ether oxygens (including phenoxy) is 1. The van der Waals surface area contributed by atoms with Crippen LogP contribution in [0.5, 0.6) is 0 Å². The molecule has 2 heterocycles. The molecule has 1 aromatic heterocycles. The Morgan fingerprint density at radius 3 is 2.65 bits per heavy atom. The van der Waals surface area contributed by atoms with Gasteiger partial charge < -0.3 is 15.2 Å². The summed E-state index contributed by atoms with van der Waals surface area (Å²) in [6.07, 6.45) is 8.96. The molecule has 0 saturated heterocycles. The summed E-state index contributed by atoms with van der Waals surface area (Å²) in [6.45, 7) is 2.56. The van der Waals surface area contributed by atoms with Crippen LogP contribution < -0.4 is 5.32 Å². The van der Waals surface area contributed by atoms with E-state index in [1.807, 2.05) is 30.3 Å². The number of nitrogens with zero attached hydrogens (tertiary/aromatic N) is 2. The van der Waals surface area contributed by atoms with Gasteiger partial charge in [0.1, 0.15) is 5.60 Å². The number of aromatic nitrogens is 1. The standard InChI is InChI=1S/C24H26ClN3O3/c1-23(30,19-2-3-19)15-28-22(29)18-12-24(16-27-13-18,20-4-6-21(25)7-5-20)31-14-17-8-10-26-11-9-17/h4-12,16,19,30H,2-3,13-15H2,1H3,(H,28,29)/t23-,24?/m0/s1. The zero-order valence-electron chi connectivity index (χ0n) is 17.4. The van der Waals surface area contributed by atoms with Gasteiger partial charge in [-0.25, -0.2) is 0 Å². The van der Waals surface area contributed by atoms with Crippen molar-refractivity contribution in [1.29, 1.82) is 0 Å². The normalized spacial score (nSPS) is 22.5. The number of amides is 1. The number of pyridine rings is 1. The van der Waals surface area contributed by atoms with Crippen molar-refractivity contribution in [3.05, 3.63) is 76.6 Å². The fourth-order valence-corrected chi connectivity index (χ4v) is 3.82. The molecule has 0 spiro atoms. The van der Waals surface area contributed by atoms with Crippen molar-refractivity contribution in [1.82, 2.24) is 10.3 Å². The van der Waals surface area contributed by atoms with Crippen LogP contribution >= 0.6 is 11.6 Å². The molecule has 0 radical (unpaired) electrons. The number of carbonyl (C=O) groups excluding carboxylic acids is 1. The highest BCUT2D eigenvalue weighted by atomic mass is 35.5. The number of aliphatic imine (C=N–C) groups is 1. The van der Waals surface area contributed by atoms with Crippen LogP contribution in [-0.4, -0.2) is 40.9 Å². The first-order valence-corrected chi connectivity index (χ1v) is 10.8. The van der Waals surface area contributed by atoms with E-state index in [1.54, 1.807) is 37.7 Å². The van der Waals surface area contributed by atoms with Crippen molar-refractivity contribution >= 4 is 23.7 Å². The van der Waals surface area contributed by atoms with E-state index in [0.717, 1.165) is 24.0 Å². The molecule has 2 atom stereocenters. The molecule has 4 rings (SSSR count). The van der Waals surface area contributed by atoms with Gasteiger partial charge in [0, 0.05) is 35.7 Å². The Bertz CT molecular complexity index is 985. The molecule has 2 aliphatic rings. The molecule has 0 bridgehead atoms. The Labute approximate surface area is 187 Å². The van der Waals surface area contributed by atoms with Crippen LogP contribution in [0.15, 0.2) is 65.4 Å². The smallest absolute Gasteiger partial charge is 0.249 e. The van der Waals surface area contributed by atoms with Gasteiger partial charge in [0.15, 0.2) is 0 Å². The summed E-state index contributed by atoms with van der Waals surface area (Å²) in [5.41, 5.74) is 0.391. The van der Waals surface area contributed by atoms with Gasteiger partial charge in [-0.2, -0.15) is 0 Å². The number of aliphatic hydroxyl groups is 1. The molecule has 31 heavy (non-hydrogen) atoms. The minimum Gasteiger partial charge on any atom is -0.388 e. The SMILES string of the molecule is C[C@](O)(CNC(=O)C1=CC(OCc2ccncc2)(c2ccc(Cl)cc2)C=NC1)C1CC1. The van der Waals surface area contributed by atoms with E-state index in [0.29, 0.717) is 17.2 Å². The molecule has 162 valence electrons. The Hall–Kier alpha value is -2.54. The highest BCUT2D eigenvalue weighted by molar-refractivity contribution is 6.30. The van der Waals surface area contributed by atoms with Gasteiger partial charge in [-0.05, 0) is 67.2 Å². The van der Waals surface area contributed by atoms with E-state index in [2.05, 4.69) is 15.3 Å². The van der Waals surface area contributed by atoms with Crippen molar-refractivity contribution < 1.29 is 14.6 Å². The number of halogens is 1. The molecule has 2 N–H and O–H groups in total. The Kier molecular flexibility index (Phi) is 6.23. The zero-order chi connectivity index (χ0) is 21.9. The molecular weight excluding hydrogens is 414 g/mol. The lowest BCUT2D eigenvalue weighted by atomic mass is 9.90. The third-order valence-electron chi connectivity index (χ3n) is 5.81. The van der Waals surface area contributed by atoms with E-state index < -0.39 is 11.2 Å². The number of nitrogens with one attached hydrogen (secondary N) is 1.